The Balaban J connectivity index is 1.24. The molecule has 72 heavy (non-hydrogen) atoms. The number of hydrogen-bond donors (Lipinski definition) is 6. The zero-order chi connectivity index (χ0) is 53.0. The van der Waals surface area contributed by atoms with Crippen LogP contribution in [-0.2, 0) is 47.9 Å². The molecule has 18 atom stereocenters. The SMILES string of the molecule is CC[C@H]1OC(=O)[C@H](C)[C@@H](C2C[C@@](C)(OC)[C@@H](O)[C@H](C)O2)[C@H](C)[C@@H](O[C@@H]2O[C@H](C)C[C@H](N(C)CCc3cn(Cc4ccc(-n5cc(CCO)nn5)cc4)nn3)[C@H]2O)[C@](C)(O)C[C@@H](C)CN(C)[C@H](C)[C@@H](O)[C@]1(C)O. The number of rotatable bonds is 14. The molecule has 3 saturated heterocycles. The van der Waals surface area contributed by atoms with Crippen LogP contribution in [0.2, 0.25) is 0 Å². The van der Waals surface area contributed by atoms with Crippen LogP contribution in [0.1, 0.15) is 112 Å². The van der Waals surface area contributed by atoms with Crippen molar-refractivity contribution < 1.29 is 59.1 Å². The van der Waals surface area contributed by atoms with E-state index in [-0.39, 0.29) is 37.9 Å². The largest absolute Gasteiger partial charge is 0.459 e. The molecule has 0 amide bonds. The quantitative estimate of drug-likeness (QED) is 0.127. The van der Waals surface area contributed by atoms with Crippen molar-refractivity contribution in [2.24, 2.45) is 23.7 Å². The first-order valence-electron chi connectivity index (χ1n) is 26.0. The molecule has 0 aliphatic carbocycles. The Morgan fingerprint density at radius 1 is 0.903 bits per heavy atom. The van der Waals surface area contributed by atoms with Gasteiger partial charge in [0.15, 0.2) is 6.29 Å². The highest BCUT2D eigenvalue weighted by Crippen LogP contribution is 2.45. The Hall–Kier alpha value is -3.51. The zero-order valence-corrected chi connectivity index (χ0v) is 44.9. The van der Waals surface area contributed by atoms with E-state index < -0.39 is 102 Å². The van der Waals surface area contributed by atoms with E-state index in [4.69, 9.17) is 23.7 Å². The molecule has 20 heteroatoms. The van der Waals surface area contributed by atoms with Crippen molar-refractivity contribution in [2.45, 2.75) is 198 Å². The minimum Gasteiger partial charge on any atom is -0.459 e. The van der Waals surface area contributed by atoms with Gasteiger partial charge in [-0.15, -0.1) is 10.2 Å². The number of hydrogen-bond acceptors (Lipinski definition) is 18. The Morgan fingerprint density at radius 2 is 1.57 bits per heavy atom. The average Bonchev–Trinajstić information content (AvgIpc) is 4.00. The van der Waals surface area contributed by atoms with E-state index in [0.29, 0.717) is 44.6 Å². The summed E-state index contributed by atoms with van der Waals surface area (Å²) in [5, 5.41) is 86.4. The van der Waals surface area contributed by atoms with E-state index >= 15 is 0 Å². The summed E-state index contributed by atoms with van der Waals surface area (Å²) >= 11 is 0. The van der Waals surface area contributed by atoms with Crippen LogP contribution in [0, 0.1) is 23.7 Å². The first kappa shape index (κ1) is 57.8. The molecule has 3 aliphatic heterocycles. The molecule has 0 spiro atoms. The number of nitrogens with zero attached hydrogens (tertiary/aromatic N) is 8. The Bertz CT molecular complexity index is 2180. The van der Waals surface area contributed by atoms with Gasteiger partial charge in [0.05, 0.1) is 71.4 Å². The number of carbonyl (C=O) groups is 1. The maximum atomic E-state index is 14.6. The van der Waals surface area contributed by atoms with Crippen molar-refractivity contribution in [2.75, 3.05) is 40.9 Å². The predicted octanol–water partition coefficient (Wildman–Crippen LogP) is 2.54. The number of carbonyl (C=O) groups excluding carboxylic acids is 1. The van der Waals surface area contributed by atoms with Crippen molar-refractivity contribution in [3.05, 3.63) is 53.6 Å². The topological polar surface area (TPSA) is 252 Å². The summed E-state index contributed by atoms with van der Waals surface area (Å²) in [7, 11) is 5.33. The van der Waals surface area contributed by atoms with Gasteiger partial charge in [-0.3, -0.25) is 4.79 Å². The fraction of sp³-hybridized carbons (Fsp3) is 0.788. The van der Waals surface area contributed by atoms with Crippen molar-refractivity contribution in [3.8, 4) is 5.69 Å². The molecular weight excluding hydrogens is 929 g/mol. The number of aliphatic hydroxyl groups excluding tert-OH is 4. The van der Waals surface area contributed by atoms with Gasteiger partial charge in [-0.25, -0.2) is 9.36 Å². The second kappa shape index (κ2) is 24.0. The molecule has 0 bridgehead atoms. The van der Waals surface area contributed by atoms with Crippen molar-refractivity contribution in [3.63, 3.8) is 0 Å². The lowest BCUT2D eigenvalue weighted by molar-refractivity contribution is -0.302. The molecule has 5 heterocycles. The molecule has 20 nitrogen and oxygen atoms in total. The van der Waals surface area contributed by atoms with Gasteiger partial charge in [0, 0.05) is 70.3 Å². The summed E-state index contributed by atoms with van der Waals surface area (Å²) in [4.78, 5) is 18.6. The summed E-state index contributed by atoms with van der Waals surface area (Å²) in [6.07, 6.45) is -2.66. The highest BCUT2D eigenvalue weighted by Gasteiger charge is 2.55. The fourth-order valence-corrected chi connectivity index (χ4v) is 11.8. The van der Waals surface area contributed by atoms with Gasteiger partial charge >= 0.3 is 5.97 Å². The van der Waals surface area contributed by atoms with Crippen LogP contribution in [-0.4, -0.2) is 201 Å². The van der Waals surface area contributed by atoms with Gasteiger partial charge in [-0.1, -0.05) is 50.3 Å². The molecular formula is C52H86N8O12. The summed E-state index contributed by atoms with van der Waals surface area (Å²) < 4.78 is 35.7. The number of benzene rings is 1. The first-order valence-corrected chi connectivity index (χ1v) is 26.0. The second-order valence-electron chi connectivity index (χ2n) is 22.2. The summed E-state index contributed by atoms with van der Waals surface area (Å²) in [6.45, 7) is 19.5. The molecule has 6 N–H and O–H groups in total. The third kappa shape index (κ3) is 13.1. The van der Waals surface area contributed by atoms with E-state index in [2.05, 4.69) is 25.5 Å². The van der Waals surface area contributed by atoms with E-state index in [1.165, 1.54) is 14.0 Å². The van der Waals surface area contributed by atoms with Crippen molar-refractivity contribution in [1.82, 2.24) is 39.8 Å². The summed E-state index contributed by atoms with van der Waals surface area (Å²) in [5.41, 5.74) is -1.09. The number of methoxy groups -OCH3 is 1. The lowest BCUT2D eigenvalue weighted by Gasteiger charge is -2.51. The predicted molar refractivity (Wildman–Crippen MR) is 267 cm³/mol. The second-order valence-corrected chi connectivity index (χ2v) is 22.2. The van der Waals surface area contributed by atoms with Gasteiger partial charge in [-0.05, 0) is 104 Å². The number of aromatic nitrogens is 6. The first-order chi connectivity index (χ1) is 33.8. The number of esters is 1. The number of likely N-dealkylation sites (N-methyl/N-ethyl adjacent to an activating group) is 2. The minimum absolute atomic E-state index is 0.00874. The molecule has 1 aromatic carbocycles. The van der Waals surface area contributed by atoms with Gasteiger partial charge in [0.25, 0.3) is 0 Å². The number of ether oxygens (including phenoxy) is 5. The Labute approximate surface area is 425 Å². The highest BCUT2D eigenvalue weighted by molar-refractivity contribution is 5.73. The van der Waals surface area contributed by atoms with Crippen molar-refractivity contribution in [1.29, 1.82) is 0 Å². The zero-order valence-electron chi connectivity index (χ0n) is 44.9. The van der Waals surface area contributed by atoms with Gasteiger partial charge < -0.3 is 64.1 Å². The highest BCUT2D eigenvalue weighted by atomic mass is 16.7. The van der Waals surface area contributed by atoms with Crippen molar-refractivity contribution >= 4 is 5.97 Å². The molecule has 406 valence electrons. The lowest BCUT2D eigenvalue weighted by Crippen LogP contribution is -2.62. The van der Waals surface area contributed by atoms with Gasteiger partial charge in [0.1, 0.15) is 30.0 Å². The average molecular weight is 1020 g/mol. The standard InChI is InChI=1S/C52H86N8O12/c1-14-42-52(10,67)45(63)34(6)58(12)26-30(2)24-50(8,66)47(32(4)43(33(5)48(65)71-42)41-25-51(9,68-13)46(64)35(7)70-41)72-49-44(62)40(23-31(3)69-49)57(11)21-19-37-28-59(55-53-37)27-36-15-17-39(18-16-36)60-29-38(20-22-61)54-56-60/h15-18,28-35,40-47,49,61-64,66-67H,14,19-27H2,1-13H3/t30-,31-,32+,33-,34-,35+,40+,41?,42-,43+,44-,45-,46+,47-,49+,50-,51-,52-/m1/s1. The monoisotopic (exact) mass is 1010 g/mol. The molecule has 3 aliphatic rings. The van der Waals surface area contributed by atoms with Gasteiger partial charge in [-0.2, -0.15) is 0 Å². The van der Waals surface area contributed by atoms with Crippen LogP contribution >= 0.6 is 0 Å². The van der Waals surface area contributed by atoms with Crippen LogP contribution in [0.15, 0.2) is 36.7 Å². The number of aliphatic hydroxyl groups is 6. The van der Waals surface area contributed by atoms with Crippen LogP contribution in [0.3, 0.4) is 0 Å². The molecule has 3 fully saturated rings. The summed E-state index contributed by atoms with van der Waals surface area (Å²) in [5.74, 6) is -3.14. The molecule has 0 saturated carbocycles. The van der Waals surface area contributed by atoms with E-state index in [1.54, 1.807) is 43.3 Å². The third-order valence-corrected chi connectivity index (χ3v) is 16.2. The number of cyclic esters (lactones) is 1. The smallest absolute Gasteiger partial charge is 0.309 e. The maximum Gasteiger partial charge on any atom is 0.309 e. The van der Waals surface area contributed by atoms with E-state index in [9.17, 15) is 35.4 Å². The molecule has 6 rings (SSSR count). The molecule has 3 aromatic rings. The molecule has 2 aromatic heterocycles. The molecule has 1 unspecified atom stereocenters. The van der Waals surface area contributed by atoms with E-state index in [1.807, 2.05) is 84.1 Å². The maximum absolute atomic E-state index is 14.6. The minimum atomic E-state index is -1.82. The van der Waals surface area contributed by atoms with E-state index in [0.717, 1.165) is 16.9 Å². The van der Waals surface area contributed by atoms with Crippen LogP contribution in [0.5, 0.6) is 0 Å². The van der Waals surface area contributed by atoms with Crippen LogP contribution in [0.4, 0.5) is 0 Å². The Morgan fingerprint density at radius 3 is 2.22 bits per heavy atom. The Kier molecular flexibility index (Phi) is 19.3. The normalized spacial score (nSPS) is 39.1. The summed E-state index contributed by atoms with van der Waals surface area (Å²) in [6, 6.07) is 6.93. The van der Waals surface area contributed by atoms with Crippen LogP contribution in [0.25, 0.3) is 5.69 Å². The molecule has 0 radical (unpaired) electrons. The van der Waals surface area contributed by atoms with Crippen LogP contribution < -0.4 is 0 Å². The lowest BCUT2D eigenvalue weighted by atomic mass is 9.68. The van der Waals surface area contributed by atoms with Gasteiger partial charge in [0.2, 0.25) is 0 Å². The fourth-order valence-electron chi connectivity index (χ4n) is 11.8. The third-order valence-electron chi connectivity index (χ3n) is 16.2.